The van der Waals surface area contributed by atoms with E-state index in [1.54, 1.807) is 24.3 Å². The van der Waals surface area contributed by atoms with E-state index in [1.165, 1.54) is 6.20 Å². The highest BCUT2D eigenvalue weighted by molar-refractivity contribution is 7.08. The number of aromatic nitrogens is 1. The molecule has 0 fully saturated rings. The summed E-state index contributed by atoms with van der Waals surface area (Å²) >= 11 is 1.56. The summed E-state index contributed by atoms with van der Waals surface area (Å²) in [5.74, 6) is 0.0103. The van der Waals surface area contributed by atoms with Crippen molar-refractivity contribution in [1.82, 2.24) is 4.98 Å². The van der Waals surface area contributed by atoms with Crippen LogP contribution in [0.1, 0.15) is 17.3 Å². The fourth-order valence-electron chi connectivity index (χ4n) is 1.42. The van der Waals surface area contributed by atoms with Crippen molar-refractivity contribution in [3.8, 4) is 0 Å². The predicted octanol–water partition coefficient (Wildman–Crippen LogP) is 2.65. The lowest BCUT2D eigenvalue weighted by atomic mass is 10.2. The molecule has 0 aliphatic heterocycles. The topological polar surface area (TPSA) is 77.2 Å². The zero-order valence-corrected chi connectivity index (χ0v) is 10.7. The van der Waals surface area contributed by atoms with E-state index >= 15 is 0 Å². The van der Waals surface area contributed by atoms with Crippen LogP contribution in [0.4, 0.5) is 17.2 Å². The molecule has 2 rings (SSSR count). The van der Waals surface area contributed by atoms with Crippen LogP contribution < -0.4 is 11.1 Å². The van der Waals surface area contributed by atoms with Crippen LogP contribution in [-0.2, 0) is 4.74 Å². The molecular formula is C12H13N3O2S. The molecule has 0 amide bonds. The molecule has 0 bridgehead atoms. The second kappa shape index (κ2) is 5.50. The van der Waals surface area contributed by atoms with Gasteiger partial charge in [-0.2, -0.15) is 11.3 Å². The molecule has 3 N–H and O–H groups in total. The number of rotatable bonds is 4. The first-order valence-electron chi connectivity index (χ1n) is 5.42. The van der Waals surface area contributed by atoms with Crippen LogP contribution in [0, 0.1) is 0 Å². The van der Waals surface area contributed by atoms with E-state index in [1.807, 2.05) is 16.8 Å². The number of pyridine rings is 1. The molecule has 0 atom stereocenters. The van der Waals surface area contributed by atoms with Gasteiger partial charge in [-0.15, -0.1) is 0 Å². The average Bonchev–Trinajstić information content (AvgIpc) is 2.84. The summed E-state index contributed by atoms with van der Waals surface area (Å²) in [6.45, 7) is 2.06. The molecular weight excluding hydrogens is 250 g/mol. The minimum Gasteiger partial charge on any atom is -0.462 e. The SMILES string of the molecule is CCOC(=O)c1cc(N)cnc1Nc1ccsc1. The van der Waals surface area contributed by atoms with E-state index in [0.29, 0.717) is 23.7 Å². The molecule has 94 valence electrons. The first-order chi connectivity index (χ1) is 8.70. The number of carbonyl (C=O) groups is 1. The standard InChI is InChI=1S/C12H13N3O2S/c1-2-17-12(16)10-5-8(13)6-14-11(10)15-9-3-4-18-7-9/h3-7H,2,13H2,1H3,(H,14,15). The number of esters is 1. The maximum Gasteiger partial charge on any atom is 0.341 e. The number of anilines is 3. The van der Waals surface area contributed by atoms with Gasteiger partial charge in [0.15, 0.2) is 0 Å². The molecule has 18 heavy (non-hydrogen) atoms. The van der Waals surface area contributed by atoms with E-state index in [-0.39, 0.29) is 0 Å². The molecule has 0 saturated carbocycles. The number of hydrogen-bond acceptors (Lipinski definition) is 6. The summed E-state index contributed by atoms with van der Waals surface area (Å²) < 4.78 is 4.97. The minimum absolute atomic E-state index is 0.311. The van der Waals surface area contributed by atoms with Crippen LogP contribution in [0.15, 0.2) is 29.1 Å². The van der Waals surface area contributed by atoms with Gasteiger partial charge in [0.2, 0.25) is 0 Å². The normalized spacial score (nSPS) is 10.1. The molecule has 0 aliphatic rings. The van der Waals surface area contributed by atoms with Gasteiger partial charge >= 0.3 is 5.97 Å². The lowest BCUT2D eigenvalue weighted by Gasteiger charge is -2.09. The van der Waals surface area contributed by atoms with Gasteiger partial charge in [-0.3, -0.25) is 0 Å². The molecule has 0 saturated heterocycles. The summed E-state index contributed by atoms with van der Waals surface area (Å²) in [5.41, 5.74) is 7.28. The molecule has 6 heteroatoms. The van der Waals surface area contributed by atoms with Gasteiger partial charge in [0, 0.05) is 5.38 Å². The smallest absolute Gasteiger partial charge is 0.341 e. The third-order valence-electron chi connectivity index (χ3n) is 2.19. The summed E-state index contributed by atoms with van der Waals surface area (Å²) in [4.78, 5) is 15.9. The molecule has 0 aliphatic carbocycles. The lowest BCUT2D eigenvalue weighted by Crippen LogP contribution is -2.10. The molecule has 2 aromatic heterocycles. The van der Waals surface area contributed by atoms with Crippen molar-refractivity contribution in [1.29, 1.82) is 0 Å². The van der Waals surface area contributed by atoms with Crippen LogP contribution in [0.5, 0.6) is 0 Å². The van der Waals surface area contributed by atoms with E-state index in [0.717, 1.165) is 5.69 Å². The number of nitrogens with zero attached hydrogens (tertiary/aromatic N) is 1. The van der Waals surface area contributed by atoms with Gasteiger partial charge in [-0.1, -0.05) is 0 Å². The van der Waals surface area contributed by atoms with Gasteiger partial charge < -0.3 is 15.8 Å². The third kappa shape index (κ3) is 2.78. The van der Waals surface area contributed by atoms with Crippen molar-refractivity contribution in [3.05, 3.63) is 34.7 Å². The highest BCUT2D eigenvalue weighted by atomic mass is 32.1. The summed E-state index contributed by atoms with van der Waals surface area (Å²) in [5, 5.41) is 6.92. The molecule has 0 unspecified atom stereocenters. The van der Waals surface area contributed by atoms with Crippen LogP contribution >= 0.6 is 11.3 Å². The van der Waals surface area contributed by atoms with E-state index < -0.39 is 5.97 Å². The second-order valence-electron chi connectivity index (χ2n) is 3.52. The van der Waals surface area contributed by atoms with E-state index in [4.69, 9.17) is 10.5 Å². The Bertz CT molecular complexity index is 540. The number of nitrogens with one attached hydrogen (secondary N) is 1. The fraction of sp³-hybridized carbons (Fsp3) is 0.167. The number of carbonyl (C=O) groups excluding carboxylic acids is 1. The number of nitrogen functional groups attached to an aromatic ring is 1. The first kappa shape index (κ1) is 12.4. The molecule has 5 nitrogen and oxygen atoms in total. The number of nitrogens with two attached hydrogens (primary N) is 1. The number of thiophene rings is 1. The van der Waals surface area contributed by atoms with Gasteiger partial charge in [-0.25, -0.2) is 9.78 Å². The zero-order valence-electron chi connectivity index (χ0n) is 9.84. The number of hydrogen-bond donors (Lipinski definition) is 2. The minimum atomic E-state index is -0.435. The van der Waals surface area contributed by atoms with Gasteiger partial charge in [0.05, 0.1) is 24.2 Å². The molecule has 2 aromatic rings. The Morgan fingerprint density at radius 3 is 3.11 bits per heavy atom. The van der Waals surface area contributed by atoms with Crippen molar-refractivity contribution in [3.63, 3.8) is 0 Å². The van der Waals surface area contributed by atoms with Crippen molar-refractivity contribution >= 4 is 34.5 Å². The van der Waals surface area contributed by atoms with Crippen LogP contribution in [0.25, 0.3) is 0 Å². The molecule has 0 aromatic carbocycles. The van der Waals surface area contributed by atoms with Crippen molar-refractivity contribution in [2.24, 2.45) is 0 Å². The molecule has 0 radical (unpaired) electrons. The first-order valence-corrected chi connectivity index (χ1v) is 6.37. The molecule has 0 spiro atoms. The maximum atomic E-state index is 11.8. The molecule has 2 heterocycles. The third-order valence-corrected chi connectivity index (χ3v) is 2.87. The van der Waals surface area contributed by atoms with Crippen molar-refractivity contribution in [2.75, 3.05) is 17.7 Å². The largest absolute Gasteiger partial charge is 0.462 e. The monoisotopic (exact) mass is 263 g/mol. The number of ether oxygens (including phenoxy) is 1. The lowest BCUT2D eigenvalue weighted by molar-refractivity contribution is 0.0527. The highest BCUT2D eigenvalue weighted by Gasteiger charge is 2.14. The van der Waals surface area contributed by atoms with Crippen molar-refractivity contribution < 1.29 is 9.53 Å². The Hall–Kier alpha value is -2.08. The van der Waals surface area contributed by atoms with Gasteiger partial charge in [-0.05, 0) is 24.4 Å². The Balaban J connectivity index is 2.31. The Morgan fingerprint density at radius 1 is 1.61 bits per heavy atom. The fourth-order valence-corrected chi connectivity index (χ4v) is 2.01. The predicted molar refractivity (Wildman–Crippen MR) is 72.2 cm³/mol. The van der Waals surface area contributed by atoms with Crippen LogP contribution in [0.2, 0.25) is 0 Å². The highest BCUT2D eigenvalue weighted by Crippen LogP contribution is 2.22. The quantitative estimate of drug-likeness (QED) is 0.829. The van der Waals surface area contributed by atoms with E-state index in [9.17, 15) is 4.79 Å². The summed E-state index contributed by atoms with van der Waals surface area (Å²) in [6.07, 6.45) is 1.50. The Morgan fingerprint density at radius 2 is 2.44 bits per heavy atom. The van der Waals surface area contributed by atoms with E-state index in [2.05, 4.69) is 10.3 Å². The average molecular weight is 263 g/mol. The maximum absolute atomic E-state index is 11.8. The Kier molecular flexibility index (Phi) is 3.78. The van der Waals surface area contributed by atoms with Gasteiger partial charge in [0.1, 0.15) is 11.4 Å². The second-order valence-corrected chi connectivity index (χ2v) is 4.30. The van der Waals surface area contributed by atoms with Gasteiger partial charge in [0.25, 0.3) is 0 Å². The Labute approximate surface area is 109 Å². The zero-order chi connectivity index (χ0) is 13.0. The van der Waals surface area contributed by atoms with Crippen LogP contribution in [-0.4, -0.2) is 17.6 Å². The van der Waals surface area contributed by atoms with Crippen molar-refractivity contribution in [2.45, 2.75) is 6.92 Å². The summed E-state index contributed by atoms with van der Waals surface area (Å²) in [6, 6.07) is 3.46. The van der Waals surface area contributed by atoms with Crippen LogP contribution in [0.3, 0.4) is 0 Å². The summed E-state index contributed by atoms with van der Waals surface area (Å²) in [7, 11) is 0.